The molecule has 0 spiro atoms. The minimum absolute atomic E-state index is 0.234. The van der Waals surface area contributed by atoms with E-state index in [1.807, 2.05) is 26.1 Å². The van der Waals surface area contributed by atoms with Crippen molar-refractivity contribution < 1.29 is 5.11 Å². The summed E-state index contributed by atoms with van der Waals surface area (Å²) in [6.45, 7) is 6.10. The van der Waals surface area contributed by atoms with Crippen LogP contribution in [0.5, 0.6) is 0 Å². The van der Waals surface area contributed by atoms with Crippen LogP contribution in [0, 0.1) is 0 Å². The Morgan fingerprint density at radius 2 is 2.27 bits per heavy atom. The Morgan fingerprint density at radius 1 is 1.45 bits per heavy atom. The molecule has 6 nitrogen and oxygen atoms in total. The Balaban J connectivity index is 1.71. The molecule has 2 aromatic heterocycles. The number of hydrogen-bond acceptors (Lipinski definition) is 5. The van der Waals surface area contributed by atoms with Gasteiger partial charge in [-0.1, -0.05) is 16.8 Å². The average Bonchev–Trinajstić information content (AvgIpc) is 3.10. The molecule has 22 heavy (non-hydrogen) atoms. The Labute approximate surface area is 134 Å². The molecular weight excluding hydrogens is 302 g/mol. The highest BCUT2D eigenvalue weighted by Gasteiger charge is 2.40. The molecule has 0 aromatic carbocycles. The fraction of sp³-hybridized carbons (Fsp3) is 0.533. The van der Waals surface area contributed by atoms with E-state index in [2.05, 4.69) is 20.2 Å². The van der Waals surface area contributed by atoms with E-state index in [1.165, 1.54) is 0 Å². The summed E-state index contributed by atoms with van der Waals surface area (Å²) in [6.07, 6.45) is 5.87. The Bertz CT molecular complexity index is 659. The predicted molar refractivity (Wildman–Crippen MR) is 83.4 cm³/mol. The van der Waals surface area contributed by atoms with Crippen molar-refractivity contribution in [1.29, 1.82) is 0 Å². The first kappa shape index (κ1) is 15.4. The molecule has 1 N–H and O–H groups in total. The maximum atomic E-state index is 10.9. The van der Waals surface area contributed by atoms with E-state index in [0.717, 1.165) is 12.1 Å². The van der Waals surface area contributed by atoms with Gasteiger partial charge >= 0.3 is 0 Å². The molecule has 1 aliphatic rings. The second kappa shape index (κ2) is 5.95. The van der Waals surface area contributed by atoms with E-state index in [4.69, 9.17) is 11.6 Å². The number of halogens is 1. The van der Waals surface area contributed by atoms with Crippen molar-refractivity contribution in [2.24, 2.45) is 0 Å². The summed E-state index contributed by atoms with van der Waals surface area (Å²) < 4.78 is 1.77. The monoisotopic (exact) mass is 321 g/mol. The minimum Gasteiger partial charge on any atom is -0.382 e. The van der Waals surface area contributed by atoms with Crippen LogP contribution in [0.3, 0.4) is 0 Å². The van der Waals surface area contributed by atoms with Crippen LogP contribution >= 0.6 is 11.6 Å². The summed E-state index contributed by atoms with van der Waals surface area (Å²) in [4.78, 5) is 6.17. The largest absolute Gasteiger partial charge is 0.382 e. The number of aliphatic hydroxyl groups is 1. The van der Waals surface area contributed by atoms with Gasteiger partial charge in [0.2, 0.25) is 0 Å². The zero-order chi connectivity index (χ0) is 15.7. The third-order valence-electron chi connectivity index (χ3n) is 4.09. The second-order valence-corrected chi connectivity index (χ2v) is 6.54. The fourth-order valence-corrected chi connectivity index (χ4v) is 2.91. The van der Waals surface area contributed by atoms with Crippen LogP contribution in [0.1, 0.15) is 37.6 Å². The molecule has 1 saturated heterocycles. The fourth-order valence-electron chi connectivity index (χ4n) is 2.73. The lowest BCUT2D eigenvalue weighted by molar-refractivity contribution is 0.0408. The van der Waals surface area contributed by atoms with Crippen LogP contribution in [-0.2, 0) is 12.1 Å². The molecular formula is C15H20ClN5O. The van der Waals surface area contributed by atoms with Gasteiger partial charge in [0.1, 0.15) is 11.3 Å². The van der Waals surface area contributed by atoms with Crippen molar-refractivity contribution in [1.82, 2.24) is 24.9 Å². The zero-order valence-electron chi connectivity index (χ0n) is 12.8. The van der Waals surface area contributed by atoms with Gasteiger partial charge in [0.05, 0.1) is 11.2 Å². The van der Waals surface area contributed by atoms with Crippen LogP contribution in [0.4, 0.5) is 0 Å². The van der Waals surface area contributed by atoms with Gasteiger partial charge < -0.3 is 5.11 Å². The molecule has 1 unspecified atom stereocenters. The van der Waals surface area contributed by atoms with Gasteiger partial charge in [-0.25, -0.2) is 4.68 Å². The Kier molecular flexibility index (Phi) is 4.16. The van der Waals surface area contributed by atoms with Crippen molar-refractivity contribution in [3.05, 3.63) is 40.9 Å². The summed E-state index contributed by atoms with van der Waals surface area (Å²) in [5, 5.41) is 19.8. The van der Waals surface area contributed by atoms with Crippen molar-refractivity contribution in [3.8, 4) is 0 Å². The van der Waals surface area contributed by atoms with Gasteiger partial charge in [0, 0.05) is 38.1 Å². The van der Waals surface area contributed by atoms with Gasteiger partial charge in [0.15, 0.2) is 0 Å². The first-order chi connectivity index (χ1) is 10.5. The van der Waals surface area contributed by atoms with Crippen molar-refractivity contribution in [3.63, 3.8) is 0 Å². The van der Waals surface area contributed by atoms with E-state index in [-0.39, 0.29) is 6.04 Å². The van der Waals surface area contributed by atoms with Gasteiger partial charge in [-0.05, 0) is 31.9 Å². The predicted octanol–water partition coefficient (Wildman–Crippen LogP) is 2.00. The maximum Gasteiger partial charge on any atom is 0.124 e. The van der Waals surface area contributed by atoms with Crippen LogP contribution < -0.4 is 0 Å². The second-order valence-electron chi connectivity index (χ2n) is 6.14. The minimum atomic E-state index is -0.938. The van der Waals surface area contributed by atoms with Crippen LogP contribution in [0.15, 0.2) is 24.7 Å². The molecule has 1 fully saturated rings. The van der Waals surface area contributed by atoms with E-state index in [0.29, 0.717) is 30.2 Å². The molecule has 1 atom stereocenters. The first-order valence-electron chi connectivity index (χ1n) is 7.43. The molecule has 2 aromatic rings. The number of aromatic nitrogens is 4. The molecule has 0 amide bonds. The molecule has 3 heterocycles. The summed E-state index contributed by atoms with van der Waals surface area (Å²) >= 11 is 6.15. The summed E-state index contributed by atoms with van der Waals surface area (Å²) in [5.41, 5.74) is 0.725. The quantitative estimate of drug-likeness (QED) is 0.933. The molecule has 0 radical (unpaired) electrons. The van der Waals surface area contributed by atoms with Gasteiger partial charge in [-0.2, -0.15) is 0 Å². The lowest BCUT2D eigenvalue weighted by Crippen LogP contribution is -2.31. The highest BCUT2D eigenvalue weighted by molar-refractivity contribution is 6.31. The lowest BCUT2D eigenvalue weighted by atomic mass is 10.00. The van der Waals surface area contributed by atoms with Gasteiger partial charge in [-0.15, -0.1) is 5.10 Å². The number of β-amino-alcohol motifs (C(OH)–C–C–N with tert-alkyl or cyclic N) is 1. The number of pyridine rings is 1. The number of nitrogens with zero attached hydrogens (tertiary/aromatic N) is 5. The standard InChI is InChI=1S/C15H20ClN5O/c1-11(2)21-9-14(18-19-21)15(22)4-6-20(10-15)8-12-3-5-17-7-13(12)16/h3,5,7,9,11,22H,4,6,8,10H2,1-2H3. The Morgan fingerprint density at radius 3 is 2.95 bits per heavy atom. The van der Waals surface area contributed by atoms with E-state index in [1.54, 1.807) is 17.1 Å². The van der Waals surface area contributed by atoms with Crippen LogP contribution in [0.25, 0.3) is 0 Å². The summed E-state index contributed by atoms with van der Waals surface area (Å²) in [5.74, 6) is 0. The summed E-state index contributed by atoms with van der Waals surface area (Å²) in [7, 11) is 0. The van der Waals surface area contributed by atoms with Gasteiger partial charge in [0.25, 0.3) is 0 Å². The maximum absolute atomic E-state index is 10.9. The van der Waals surface area contributed by atoms with Crippen LogP contribution in [0.2, 0.25) is 5.02 Å². The molecule has 7 heteroatoms. The molecule has 0 saturated carbocycles. The van der Waals surface area contributed by atoms with Crippen molar-refractivity contribution in [2.75, 3.05) is 13.1 Å². The van der Waals surface area contributed by atoms with Gasteiger partial charge in [-0.3, -0.25) is 9.88 Å². The number of hydrogen-bond donors (Lipinski definition) is 1. The topological polar surface area (TPSA) is 67.1 Å². The van der Waals surface area contributed by atoms with E-state index < -0.39 is 5.60 Å². The van der Waals surface area contributed by atoms with Crippen molar-refractivity contribution >= 4 is 11.6 Å². The van der Waals surface area contributed by atoms with E-state index >= 15 is 0 Å². The first-order valence-corrected chi connectivity index (χ1v) is 7.81. The normalized spacial score (nSPS) is 22.6. The molecule has 0 aliphatic carbocycles. The molecule has 118 valence electrons. The summed E-state index contributed by atoms with van der Waals surface area (Å²) in [6, 6.07) is 2.15. The molecule has 1 aliphatic heterocycles. The lowest BCUT2D eigenvalue weighted by Gasteiger charge is -2.21. The smallest absolute Gasteiger partial charge is 0.124 e. The number of rotatable bonds is 4. The molecule has 3 rings (SSSR count). The molecule has 0 bridgehead atoms. The number of likely N-dealkylation sites (tertiary alicyclic amines) is 1. The van der Waals surface area contributed by atoms with E-state index in [9.17, 15) is 5.11 Å². The SMILES string of the molecule is CC(C)n1cc(C2(O)CCN(Cc3ccncc3Cl)C2)nn1. The average molecular weight is 322 g/mol. The Hall–Kier alpha value is -1.50. The van der Waals surface area contributed by atoms with Crippen LogP contribution in [-0.4, -0.2) is 43.1 Å². The highest BCUT2D eigenvalue weighted by atomic mass is 35.5. The highest BCUT2D eigenvalue weighted by Crippen LogP contribution is 2.32. The third kappa shape index (κ3) is 2.99. The zero-order valence-corrected chi connectivity index (χ0v) is 13.5. The van der Waals surface area contributed by atoms with Crippen molar-refractivity contribution in [2.45, 2.75) is 38.5 Å². The third-order valence-corrected chi connectivity index (χ3v) is 4.43.